The van der Waals surface area contributed by atoms with Crippen LogP contribution >= 0.6 is 0 Å². The van der Waals surface area contributed by atoms with Crippen molar-refractivity contribution in [2.24, 2.45) is 0 Å². The molecule has 2 aromatic rings. The van der Waals surface area contributed by atoms with Crippen molar-refractivity contribution in [1.29, 1.82) is 5.26 Å². The Hall–Kier alpha value is -2.07. The van der Waals surface area contributed by atoms with E-state index in [0.29, 0.717) is 5.56 Å². The van der Waals surface area contributed by atoms with Crippen LogP contribution in [0.5, 0.6) is 0 Å². The van der Waals surface area contributed by atoms with Crippen LogP contribution in [0.25, 0.3) is 11.1 Å². The fourth-order valence-electron chi connectivity index (χ4n) is 1.98. The van der Waals surface area contributed by atoms with E-state index >= 15 is 0 Å². The second-order valence-corrected chi connectivity index (χ2v) is 4.49. The Kier molecular flexibility index (Phi) is 4.15. The molecule has 0 aliphatic rings. The molecule has 0 radical (unpaired) electrons. The molecule has 0 saturated heterocycles. The van der Waals surface area contributed by atoms with Gasteiger partial charge in [-0.2, -0.15) is 5.26 Å². The molecular weight excluding hydrogens is 218 g/mol. The van der Waals surface area contributed by atoms with E-state index in [1.54, 1.807) is 0 Å². The van der Waals surface area contributed by atoms with Crippen molar-refractivity contribution >= 4 is 0 Å². The average Bonchev–Trinajstić information content (AvgIpc) is 2.46. The molecule has 0 bridgehead atoms. The lowest BCUT2D eigenvalue weighted by atomic mass is 10.0. The third-order valence-corrected chi connectivity index (χ3v) is 3.12. The minimum absolute atomic E-state index is 0.707. The molecule has 0 amide bonds. The first-order chi connectivity index (χ1) is 8.83. The van der Waals surface area contributed by atoms with Gasteiger partial charge in [-0.1, -0.05) is 49.7 Å². The summed E-state index contributed by atoms with van der Waals surface area (Å²) in [7, 11) is 0. The number of aryl methyl sites for hydroxylation is 1. The number of nitriles is 1. The van der Waals surface area contributed by atoms with E-state index in [1.807, 2.05) is 24.3 Å². The highest BCUT2D eigenvalue weighted by Crippen LogP contribution is 2.20. The van der Waals surface area contributed by atoms with Gasteiger partial charge in [0.15, 0.2) is 0 Å². The quantitative estimate of drug-likeness (QED) is 0.761. The van der Waals surface area contributed by atoms with Crippen molar-refractivity contribution in [3.05, 3.63) is 59.7 Å². The largest absolute Gasteiger partial charge is 0.192 e. The maximum Gasteiger partial charge on any atom is 0.0991 e. The van der Waals surface area contributed by atoms with E-state index < -0.39 is 0 Å². The molecule has 0 spiro atoms. The zero-order valence-corrected chi connectivity index (χ0v) is 10.7. The summed E-state index contributed by atoms with van der Waals surface area (Å²) in [5.41, 5.74) is 4.48. The number of hydrogen-bond acceptors (Lipinski definition) is 1. The Morgan fingerprint density at radius 2 is 1.44 bits per heavy atom. The number of rotatable bonds is 4. The summed E-state index contributed by atoms with van der Waals surface area (Å²) in [6.07, 6.45) is 3.64. The Bertz CT molecular complexity index is 529. The van der Waals surface area contributed by atoms with Gasteiger partial charge < -0.3 is 0 Å². The van der Waals surface area contributed by atoms with Crippen LogP contribution in [0.4, 0.5) is 0 Å². The summed E-state index contributed by atoms with van der Waals surface area (Å²) < 4.78 is 0. The van der Waals surface area contributed by atoms with Crippen LogP contribution in [0.2, 0.25) is 0 Å². The van der Waals surface area contributed by atoms with Gasteiger partial charge in [0, 0.05) is 0 Å². The monoisotopic (exact) mass is 235 g/mol. The maximum atomic E-state index is 8.77. The molecule has 0 fully saturated rings. The highest BCUT2D eigenvalue weighted by Gasteiger charge is 1.98. The zero-order valence-electron chi connectivity index (χ0n) is 10.7. The molecule has 1 heteroatoms. The minimum atomic E-state index is 0.707. The summed E-state index contributed by atoms with van der Waals surface area (Å²) in [6, 6.07) is 18.6. The molecule has 0 heterocycles. The Labute approximate surface area is 109 Å². The van der Waals surface area contributed by atoms with Gasteiger partial charge in [-0.25, -0.2) is 0 Å². The molecule has 0 aromatic heterocycles. The summed E-state index contributed by atoms with van der Waals surface area (Å²) in [5.74, 6) is 0. The number of unbranched alkanes of at least 4 members (excludes halogenated alkanes) is 1. The van der Waals surface area contributed by atoms with E-state index in [-0.39, 0.29) is 0 Å². The molecule has 0 aliphatic carbocycles. The van der Waals surface area contributed by atoms with E-state index in [2.05, 4.69) is 37.3 Å². The fraction of sp³-hybridized carbons (Fsp3) is 0.235. The van der Waals surface area contributed by atoms with Crippen LogP contribution < -0.4 is 0 Å². The molecule has 0 unspecified atom stereocenters. The van der Waals surface area contributed by atoms with E-state index in [0.717, 1.165) is 12.0 Å². The molecule has 0 atom stereocenters. The summed E-state index contributed by atoms with van der Waals surface area (Å²) >= 11 is 0. The highest BCUT2D eigenvalue weighted by molar-refractivity contribution is 5.64. The zero-order chi connectivity index (χ0) is 12.8. The average molecular weight is 235 g/mol. The molecule has 1 nitrogen and oxygen atoms in total. The molecule has 0 saturated carbocycles. The van der Waals surface area contributed by atoms with Gasteiger partial charge in [0.05, 0.1) is 11.6 Å². The molecule has 18 heavy (non-hydrogen) atoms. The van der Waals surface area contributed by atoms with Crippen LogP contribution in [0.3, 0.4) is 0 Å². The van der Waals surface area contributed by atoms with Gasteiger partial charge in [-0.15, -0.1) is 0 Å². The smallest absolute Gasteiger partial charge is 0.0991 e. The lowest BCUT2D eigenvalue weighted by molar-refractivity contribution is 0.795. The van der Waals surface area contributed by atoms with E-state index in [4.69, 9.17) is 5.26 Å². The summed E-state index contributed by atoms with van der Waals surface area (Å²) in [5, 5.41) is 8.77. The third kappa shape index (κ3) is 2.99. The van der Waals surface area contributed by atoms with Gasteiger partial charge in [0.2, 0.25) is 0 Å². The Morgan fingerprint density at radius 3 is 1.94 bits per heavy atom. The van der Waals surface area contributed by atoms with E-state index in [1.165, 1.54) is 24.0 Å². The molecule has 2 rings (SSSR count). The maximum absolute atomic E-state index is 8.77. The Morgan fingerprint density at radius 1 is 0.889 bits per heavy atom. The first-order valence-electron chi connectivity index (χ1n) is 6.43. The molecule has 0 aliphatic heterocycles. The van der Waals surface area contributed by atoms with Gasteiger partial charge in [-0.05, 0) is 41.7 Å². The molecular formula is C17H17N. The van der Waals surface area contributed by atoms with Crippen LogP contribution in [-0.4, -0.2) is 0 Å². The van der Waals surface area contributed by atoms with Crippen molar-refractivity contribution in [2.45, 2.75) is 26.2 Å². The number of hydrogen-bond donors (Lipinski definition) is 0. The number of nitrogens with zero attached hydrogens (tertiary/aromatic N) is 1. The van der Waals surface area contributed by atoms with Crippen LogP contribution in [-0.2, 0) is 6.42 Å². The van der Waals surface area contributed by atoms with E-state index in [9.17, 15) is 0 Å². The van der Waals surface area contributed by atoms with Crippen molar-refractivity contribution < 1.29 is 0 Å². The van der Waals surface area contributed by atoms with Gasteiger partial charge in [-0.3, -0.25) is 0 Å². The van der Waals surface area contributed by atoms with Crippen molar-refractivity contribution in [2.75, 3.05) is 0 Å². The second-order valence-electron chi connectivity index (χ2n) is 4.49. The van der Waals surface area contributed by atoms with Gasteiger partial charge >= 0.3 is 0 Å². The minimum Gasteiger partial charge on any atom is -0.192 e. The number of benzene rings is 2. The third-order valence-electron chi connectivity index (χ3n) is 3.12. The SMILES string of the molecule is CCCCc1ccc(-c2ccc(C#N)cc2)cc1. The normalized spacial score (nSPS) is 10.0. The van der Waals surface area contributed by atoms with Crippen molar-refractivity contribution in [3.63, 3.8) is 0 Å². The first kappa shape index (κ1) is 12.4. The van der Waals surface area contributed by atoms with Crippen molar-refractivity contribution in [3.8, 4) is 17.2 Å². The van der Waals surface area contributed by atoms with Crippen LogP contribution in [0.15, 0.2) is 48.5 Å². The van der Waals surface area contributed by atoms with Gasteiger partial charge in [0.25, 0.3) is 0 Å². The van der Waals surface area contributed by atoms with Crippen LogP contribution in [0.1, 0.15) is 30.9 Å². The summed E-state index contributed by atoms with van der Waals surface area (Å²) in [6.45, 7) is 2.21. The highest BCUT2D eigenvalue weighted by atomic mass is 14.2. The molecule has 2 aromatic carbocycles. The van der Waals surface area contributed by atoms with Crippen molar-refractivity contribution in [1.82, 2.24) is 0 Å². The van der Waals surface area contributed by atoms with Crippen LogP contribution in [0, 0.1) is 11.3 Å². The first-order valence-corrected chi connectivity index (χ1v) is 6.43. The summed E-state index contributed by atoms with van der Waals surface area (Å²) in [4.78, 5) is 0. The lowest BCUT2D eigenvalue weighted by Gasteiger charge is -2.04. The standard InChI is InChI=1S/C17H17N/c1-2-3-4-14-5-9-16(10-6-14)17-11-7-15(13-18)8-12-17/h5-12H,2-4H2,1H3. The lowest BCUT2D eigenvalue weighted by Crippen LogP contribution is -1.85. The second kappa shape index (κ2) is 6.02. The molecule has 90 valence electrons. The predicted molar refractivity (Wildman–Crippen MR) is 75.2 cm³/mol. The topological polar surface area (TPSA) is 23.8 Å². The van der Waals surface area contributed by atoms with Gasteiger partial charge in [0.1, 0.15) is 0 Å². The fourth-order valence-corrected chi connectivity index (χ4v) is 1.98. The molecule has 0 N–H and O–H groups in total. The predicted octanol–water partition coefficient (Wildman–Crippen LogP) is 4.57. The Balaban J connectivity index is 2.15.